The fraction of sp³-hybridized carbons (Fsp3) is 0.250. The summed E-state index contributed by atoms with van der Waals surface area (Å²) in [7, 11) is 0. The van der Waals surface area contributed by atoms with Crippen LogP contribution in [0.15, 0.2) is 68.3 Å². The van der Waals surface area contributed by atoms with Crippen molar-refractivity contribution in [1.82, 2.24) is 0 Å². The Morgan fingerprint density at radius 1 is 0.714 bits per heavy atom. The smallest absolute Gasteiger partial charge is 0.0681 e. The predicted octanol–water partition coefficient (Wildman–Crippen LogP) is 1.67. The number of aliphatic hydroxyl groups is 4. The van der Waals surface area contributed by atoms with E-state index in [1.165, 1.54) is 18.2 Å². The van der Waals surface area contributed by atoms with Gasteiger partial charge in [0.15, 0.2) is 0 Å². The fourth-order valence-corrected chi connectivity index (χ4v) is 0.583. The molecule has 0 spiro atoms. The summed E-state index contributed by atoms with van der Waals surface area (Å²) in [5.41, 5.74) is 0.965. The topological polar surface area (TPSA) is 80.9 Å². The summed E-state index contributed by atoms with van der Waals surface area (Å²) >= 11 is 0. The number of aliphatic hydroxyl groups excluding tert-OH is 4. The average Bonchev–Trinajstić information content (AvgIpc) is 2.56. The Kier molecular flexibility index (Phi) is 42.5. The molecule has 4 nitrogen and oxygen atoms in total. The van der Waals surface area contributed by atoms with Crippen molar-refractivity contribution in [3.05, 3.63) is 73.9 Å². The van der Waals surface area contributed by atoms with Crippen LogP contribution in [0.4, 0.5) is 0 Å². The molecule has 21 heavy (non-hydrogen) atoms. The zero-order valence-electron chi connectivity index (χ0n) is 12.4. The molecule has 0 fully saturated rings. The SMILES string of the molecule is C=CCO.C=CCO.C=CCO.OCc1ccccc1.[Zr]. The van der Waals surface area contributed by atoms with Gasteiger partial charge in [-0.15, -0.1) is 19.7 Å². The largest absolute Gasteiger partial charge is 0.392 e. The molecule has 1 aromatic rings. The van der Waals surface area contributed by atoms with Crippen LogP contribution in [0.2, 0.25) is 0 Å². The molecule has 0 unspecified atom stereocenters. The molecule has 1 rings (SSSR count). The fourth-order valence-electron chi connectivity index (χ4n) is 0.583. The molecule has 1 aromatic carbocycles. The minimum absolute atomic E-state index is 0. The van der Waals surface area contributed by atoms with Gasteiger partial charge in [0.1, 0.15) is 0 Å². The van der Waals surface area contributed by atoms with Crippen molar-refractivity contribution in [3.8, 4) is 0 Å². The molecule has 0 aliphatic heterocycles. The van der Waals surface area contributed by atoms with Crippen molar-refractivity contribution in [2.45, 2.75) is 6.61 Å². The number of rotatable bonds is 4. The van der Waals surface area contributed by atoms with E-state index < -0.39 is 0 Å². The van der Waals surface area contributed by atoms with E-state index in [2.05, 4.69) is 19.7 Å². The Labute approximate surface area is 146 Å². The second kappa shape index (κ2) is 31.5. The van der Waals surface area contributed by atoms with Gasteiger partial charge in [0, 0.05) is 26.2 Å². The molecular weight excluding hydrogens is 347 g/mol. The summed E-state index contributed by atoms with van der Waals surface area (Å²) in [5, 5.41) is 31.8. The molecule has 0 atom stereocenters. The minimum atomic E-state index is 0. The summed E-state index contributed by atoms with van der Waals surface area (Å²) in [6.07, 6.45) is 4.29. The zero-order chi connectivity index (χ0) is 16.1. The molecule has 5 heteroatoms. The van der Waals surface area contributed by atoms with Crippen LogP contribution >= 0.6 is 0 Å². The van der Waals surface area contributed by atoms with E-state index in [-0.39, 0.29) is 52.6 Å². The van der Waals surface area contributed by atoms with Crippen molar-refractivity contribution in [1.29, 1.82) is 0 Å². The van der Waals surface area contributed by atoms with E-state index in [0.717, 1.165) is 5.56 Å². The molecule has 0 amide bonds. The van der Waals surface area contributed by atoms with Crippen LogP contribution in [0.5, 0.6) is 0 Å². The second-order valence-corrected chi connectivity index (χ2v) is 3.06. The van der Waals surface area contributed by atoms with Crippen LogP contribution in [0.25, 0.3) is 0 Å². The standard InChI is InChI=1S/C7H8O.3C3H6O.Zr/c8-6-7-4-2-1-3-5-7;3*1-2-3-4;/h1-5,8H,6H2;3*2,4H,1,3H2;. The third-order valence-electron chi connectivity index (χ3n) is 1.41. The minimum Gasteiger partial charge on any atom is -0.392 e. The van der Waals surface area contributed by atoms with Gasteiger partial charge in [-0.1, -0.05) is 48.6 Å². The van der Waals surface area contributed by atoms with E-state index in [9.17, 15) is 0 Å². The summed E-state index contributed by atoms with van der Waals surface area (Å²) in [5.74, 6) is 0. The van der Waals surface area contributed by atoms with E-state index in [1.807, 2.05) is 30.3 Å². The van der Waals surface area contributed by atoms with Crippen molar-refractivity contribution < 1.29 is 46.6 Å². The zero-order valence-corrected chi connectivity index (χ0v) is 14.8. The van der Waals surface area contributed by atoms with Gasteiger partial charge in [-0.05, 0) is 5.56 Å². The van der Waals surface area contributed by atoms with Gasteiger partial charge in [0.2, 0.25) is 0 Å². The van der Waals surface area contributed by atoms with Crippen molar-refractivity contribution in [2.75, 3.05) is 19.8 Å². The van der Waals surface area contributed by atoms with Gasteiger partial charge in [-0.25, -0.2) is 0 Å². The van der Waals surface area contributed by atoms with Crippen LogP contribution in [-0.2, 0) is 32.8 Å². The molecular formula is C16H26O4Zr. The van der Waals surface area contributed by atoms with Gasteiger partial charge in [0.05, 0.1) is 26.4 Å². The van der Waals surface area contributed by atoms with E-state index in [0.29, 0.717) is 0 Å². The van der Waals surface area contributed by atoms with E-state index in [4.69, 9.17) is 20.4 Å². The van der Waals surface area contributed by atoms with Gasteiger partial charge in [-0.2, -0.15) is 0 Å². The Morgan fingerprint density at radius 3 is 1.14 bits per heavy atom. The number of hydrogen-bond donors (Lipinski definition) is 4. The van der Waals surface area contributed by atoms with Crippen LogP contribution in [0.3, 0.4) is 0 Å². The first-order valence-electron chi connectivity index (χ1n) is 5.98. The average molecular weight is 374 g/mol. The Bertz CT molecular complexity index is 283. The maximum atomic E-state index is 8.54. The molecule has 0 aliphatic rings. The van der Waals surface area contributed by atoms with Crippen molar-refractivity contribution in [3.63, 3.8) is 0 Å². The summed E-state index contributed by atoms with van der Waals surface area (Å²) in [6.45, 7) is 10.1. The molecule has 4 N–H and O–H groups in total. The first-order valence-corrected chi connectivity index (χ1v) is 5.98. The van der Waals surface area contributed by atoms with Crippen molar-refractivity contribution >= 4 is 0 Å². The van der Waals surface area contributed by atoms with Crippen LogP contribution in [0, 0.1) is 0 Å². The molecule has 0 heterocycles. The molecule has 0 bridgehead atoms. The third kappa shape index (κ3) is 38.2. The molecule has 0 aliphatic carbocycles. The third-order valence-corrected chi connectivity index (χ3v) is 1.41. The maximum Gasteiger partial charge on any atom is 0.0681 e. The summed E-state index contributed by atoms with van der Waals surface area (Å²) in [6, 6.07) is 9.52. The predicted molar refractivity (Wildman–Crippen MR) is 84.2 cm³/mol. The summed E-state index contributed by atoms with van der Waals surface area (Å²) < 4.78 is 0. The number of hydrogen-bond acceptors (Lipinski definition) is 4. The Morgan fingerprint density at radius 2 is 1.00 bits per heavy atom. The van der Waals surface area contributed by atoms with Gasteiger partial charge in [-0.3, -0.25) is 0 Å². The molecule has 0 saturated heterocycles. The van der Waals surface area contributed by atoms with Crippen molar-refractivity contribution in [2.24, 2.45) is 0 Å². The van der Waals surface area contributed by atoms with Crippen LogP contribution < -0.4 is 0 Å². The Balaban J connectivity index is -0.0000000973. The normalized spacial score (nSPS) is 7.05. The van der Waals surface area contributed by atoms with Gasteiger partial charge >= 0.3 is 0 Å². The second-order valence-electron chi connectivity index (χ2n) is 3.06. The van der Waals surface area contributed by atoms with Gasteiger partial charge in [0.25, 0.3) is 0 Å². The Hall–Kier alpha value is -0.837. The molecule has 118 valence electrons. The van der Waals surface area contributed by atoms with Crippen LogP contribution in [-0.4, -0.2) is 40.2 Å². The van der Waals surface area contributed by atoms with Gasteiger partial charge < -0.3 is 20.4 Å². The molecule has 0 saturated carbocycles. The monoisotopic (exact) mass is 372 g/mol. The molecule has 0 aromatic heterocycles. The molecule has 0 radical (unpaired) electrons. The van der Waals surface area contributed by atoms with Crippen LogP contribution in [0.1, 0.15) is 5.56 Å². The van der Waals surface area contributed by atoms with E-state index >= 15 is 0 Å². The number of benzene rings is 1. The first kappa shape index (κ1) is 28.3. The van der Waals surface area contributed by atoms with E-state index in [1.54, 1.807) is 0 Å². The summed E-state index contributed by atoms with van der Waals surface area (Å²) in [4.78, 5) is 0. The maximum absolute atomic E-state index is 8.54. The quantitative estimate of drug-likeness (QED) is 0.605. The first-order chi connectivity index (χ1) is 9.67.